The lowest BCUT2D eigenvalue weighted by atomic mass is 10.2. The quantitative estimate of drug-likeness (QED) is 0.715. The van der Waals surface area contributed by atoms with Gasteiger partial charge in [0.2, 0.25) is 0 Å². The predicted molar refractivity (Wildman–Crippen MR) is 69.1 cm³/mol. The minimum absolute atomic E-state index is 0. The summed E-state index contributed by atoms with van der Waals surface area (Å²) >= 11 is 0. The van der Waals surface area contributed by atoms with Crippen molar-refractivity contribution in [1.29, 1.82) is 0 Å². The number of aromatic nitrogens is 2. The van der Waals surface area contributed by atoms with Crippen LogP contribution < -0.4 is 17.7 Å². The molecule has 98 valence electrons. The van der Waals surface area contributed by atoms with Crippen molar-refractivity contribution in [2.24, 2.45) is 0 Å². The number of anilines is 1. The van der Waals surface area contributed by atoms with Crippen molar-refractivity contribution in [3.05, 3.63) is 30.6 Å². The van der Waals surface area contributed by atoms with Crippen LogP contribution >= 0.6 is 0 Å². The highest BCUT2D eigenvalue weighted by Crippen LogP contribution is 2.17. The molecule has 2 aromatic rings. The largest absolute Gasteiger partial charge is 1.00 e. The van der Waals surface area contributed by atoms with Crippen LogP contribution in [0, 0.1) is 0 Å². The Bertz CT molecular complexity index is 473. The predicted octanol–water partition coefficient (Wildman–Crippen LogP) is -0.528. The van der Waals surface area contributed by atoms with Gasteiger partial charge in [0.05, 0.1) is 5.52 Å². The smallest absolute Gasteiger partial charge is 0.137 e. The molecular formula is C13H17ClN3O-. The van der Waals surface area contributed by atoms with Crippen LogP contribution in [0.2, 0.25) is 0 Å². The fraction of sp³-hybridized carbons (Fsp3) is 0.385. The Labute approximate surface area is 113 Å². The second-order valence-corrected chi connectivity index (χ2v) is 3.72. The molecule has 0 atom stereocenters. The Balaban J connectivity index is 0.00000162. The van der Waals surface area contributed by atoms with Gasteiger partial charge in [-0.1, -0.05) is 12.1 Å². The van der Waals surface area contributed by atoms with Crippen molar-refractivity contribution in [3.63, 3.8) is 0 Å². The van der Waals surface area contributed by atoms with Crippen LogP contribution in [0.5, 0.6) is 0 Å². The van der Waals surface area contributed by atoms with Crippen LogP contribution in [-0.2, 0) is 4.74 Å². The van der Waals surface area contributed by atoms with Crippen LogP contribution in [0.1, 0.15) is 13.3 Å². The molecule has 0 amide bonds. The molecule has 0 spiro atoms. The summed E-state index contributed by atoms with van der Waals surface area (Å²) in [6.07, 6.45) is 2.57. The summed E-state index contributed by atoms with van der Waals surface area (Å²) in [5.41, 5.74) is 0.967. The lowest BCUT2D eigenvalue weighted by molar-refractivity contribution is -0.00000444. The second-order valence-electron chi connectivity index (χ2n) is 3.72. The molecule has 0 radical (unpaired) electrons. The maximum absolute atomic E-state index is 5.29. The first-order valence-electron chi connectivity index (χ1n) is 5.93. The number of ether oxygens (including phenoxy) is 1. The second kappa shape index (κ2) is 7.84. The van der Waals surface area contributed by atoms with Gasteiger partial charge in [-0.25, -0.2) is 9.97 Å². The van der Waals surface area contributed by atoms with E-state index in [4.69, 9.17) is 4.74 Å². The van der Waals surface area contributed by atoms with Crippen molar-refractivity contribution < 1.29 is 17.1 Å². The van der Waals surface area contributed by atoms with Gasteiger partial charge in [-0.15, -0.1) is 0 Å². The molecule has 1 aromatic heterocycles. The van der Waals surface area contributed by atoms with Crippen LogP contribution in [0.3, 0.4) is 0 Å². The molecule has 0 bridgehead atoms. The third-order valence-electron chi connectivity index (χ3n) is 2.50. The minimum atomic E-state index is 0. The molecule has 1 heterocycles. The number of hydrogen-bond acceptors (Lipinski definition) is 4. The summed E-state index contributed by atoms with van der Waals surface area (Å²) in [5.74, 6) is 0.895. The third-order valence-corrected chi connectivity index (χ3v) is 2.50. The molecule has 5 heteroatoms. The van der Waals surface area contributed by atoms with Crippen LogP contribution in [0.4, 0.5) is 5.82 Å². The van der Waals surface area contributed by atoms with Gasteiger partial charge in [0, 0.05) is 25.1 Å². The zero-order valence-electron chi connectivity index (χ0n) is 10.4. The maximum atomic E-state index is 5.29. The molecule has 4 nitrogen and oxygen atoms in total. The molecule has 0 aliphatic rings. The van der Waals surface area contributed by atoms with Gasteiger partial charge >= 0.3 is 0 Å². The highest BCUT2D eigenvalue weighted by Gasteiger charge is 2.01. The Morgan fingerprint density at radius 3 is 2.89 bits per heavy atom. The van der Waals surface area contributed by atoms with E-state index in [0.717, 1.165) is 42.9 Å². The normalized spacial score (nSPS) is 10.1. The van der Waals surface area contributed by atoms with Crippen LogP contribution in [0.25, 0.3) is 10.9 Å². The van der Waals surface area contributed by atoms with E-state index in [9.17, 15) is 0 Å². The monoisotopic (exact) mass is 266 g/mol. The molecule has 0 fully saturated rings. The van der Waals surface area contributed by atoms with E-state index in [1.807, 2.05) is 31.2 Å². The zero-order chi connectivity index (χ0) is 11.9. The first-order chi connectivity index (χ1) is 8.42. The van der Waals surface area contributed by atoms with E-state index < -0.39 is 0 Å². The average molecular weight is 267 g/mol. The molecule has 2 rings (SSSR count). The molecule has 1 aromatic carbocycles. The molecule has 0 saturated heterocycles. The van der Waals surface area contributed by atoms with Gasteiger partial charge in [0.25, 0.3) is 0 Å². The fourth-order valence-corrected chi connectivity index (χ4v) is 1.67. The molecule has 0 aliphatic carbocycles. The number of fused-ring (bicyclic) bond motifs is 1. The SMILES string of the molecule is CCOCCCNc1ncnc2ccccc12.[Cl-]. The van der Waals surface area contributed by atoms with Gasteiger partial charge in [0.1, 0.15) is 12.1 Å². The van der Waals surface area contributed by atoms with Gasteiger partial charge in [-0.05, 0) is 25.5 Å². The van der Waals surface area contributed by atoms with E-state index in [1.54, 1.807) is 6.33 Å². The number of para-hydroxylation sites is 1. The number of benzene rings is 1. The first-order valence-corrected chi connectivity index (χ1v) is 5.93. The van der Waals surface area contributed by atoms with E-state index in [1.165, 1.54) is 0 Å². The lowest BCUT2D eigenvalue weighted by Crippen LogP contribution is -3.00. The van der Waals surface area contributed by atoms with Crippen molar-refractivity contribution in [1.82, 2.24) is 9.97 Å². The van der Waals surface area contributed by atoms with Crippen molar-refractivity contribution >= 4 is 16.7 Å². The Hall–Kier alpha value is -1.39. The van der Waals surface area contributed by atoms with Crippen LogP contribution in [-0.4, -0.2) is 29.7 Å². The molecule has 1 N–H and O–H groups in total. The molecule has 0 unspecified atom stereocenters. The standard InChI is InChI=1S/C13H17N3O.ClH/c1-2-17-9-5-8-14-13-11-6-3-4-7-12(11)15-10-16-13;/h3-4,6-7,10H,2,5,8-9H2,1H3,(H,14,15,16);1H/p-1. The van der Waals surface area contributed by atoms with E-state index in [-0.39, 0.29) is 12.4 Å². The highest BCUT2D eigenvalue weighted by molar-refractivity contribution is 5.88. The summed E-state index contributed by atoms with van der Waals surface area (Å²) < 4.78 is 5.29. The highest BCUT2D eigenvalue weighted by atomic mass is 35.5. The van der Waals surface area contributed by atoms with Crippen molar-refractivity contribution in [2.75, 3.05) is 25.1 Å². The van der Waals surface area contributed by atoms with Crippen molar-refractivity contribution in [3.8, 4) is 0 Å². The maximum Gasteiger partial charge on any atom is 0.137 e. The zero-order valence-corrected chi connectivity index (χ0v) is 11.2. The summed E-state index contributed by atoms with van der Waals surface area (Å²) in [6.45, 7) is 4.43. The molecule has 0 aliphatic heterocycles. The lowest BCUT2D eigenvalue weighted by Gasteiger charge is -2.07. The number of nitrogens with one attached hydrogen (secondary N) is 1. The minimum Gasteiger partial charge on any atom is -1.00 e. The Kier molecular flexibility index (Phi) is 6.39. The van der Waals surface area contributed by atoms with E-state index in [2.05, 4.69) is 15.3 Å². The van der Waals surface area contributed by atoms with E-state index >= 15 is 0 Å². The van der Waals surface area contributed by atoms with Gasteiger partial charge < -0.3 is 22.5 Å². The third kappa shape index (κ3) is 3.82. The average Bonchev–Trinajstić information content (AvgIpc) is 2.39. The summed E-state index contributed by atoms with van der Waals surface area (Å²) in [5, 5.41) is 4.38. The molecule has 18 heavy (non-hydrogen) atoms. The fourth-order valence-electron chi connectivity index (χ4n) is 1.67. The first kappa shape index (κ1) is 14.7. The van der Waals surface area contributed by atoms with Crippen LogP contribution in [0.15, 0.2) is 30.6 Å². The Morgan fingerprint density at radius 2 is 2.06 bits per heavy atom. The molecule has 0 saturated carbocycles. The van der Waals surface area contributed by atoms with E-state index in [0.29, 0.717) is 0 Å². The Morgan fingerprint density at radius 1 is 1.22 bits per heavy atom. The van der Waals surface area contributed by atoms with Gasteiger partial charge in [-0.2, -0.15) is 0 Å². The molecular weight excluding hydrogens is 250 g/mol. The summed E-state index contributed by atoms with van der Waals surface area (Å²) in [6, 6.07) is 7.99. The number of nitrogens with zero attached hydrogens (tertiary/aromatic N) is 2. The summed E-state index contributed by atoms with van der Waals surface area (Å²) in [4.78, 5) is 8.49. The topological polar surface area (TPSA) is 47.0 Å². The number of halogens is 1. The van der Waals surface area contributed by atoms with Crippen molar-refractivity contribution in [2.45, 2.75) is 13.3 Å². The van der Waals surface area contributed by atoms with Gasteiger partial charge in [-0.3, -0.25) is 0 Å². The number of hydrogen-bond donors (Lipinski definition) is 1. The number of rotatable bonds is 6. The summed E-state index contributed by atoms with van der Waals surface area (Å²) in [7, 11) is 0. The van der Waals surface area contributed by atoms with Gasteiger partial charge in [0.15, 0.2) is 0 Å².